The molecule has 2 heterocycles. The standard InChI is InChI=1S/C20H17N3O3S/c1-12-21-18-15-5-3-4-6-16(15)26-19(18)20(22-12)27-11-17(24)23-13-7-9-14(25-2)10-8-13/h3-10H,11H2,1-2H3,(H,23,24). The average Bonchev–Trinajstić information content (AvgIpc) is 3.05. The lowest BCUT2D eigenvalue weighted by atomic mass is 10.2. The Kier molecular flexibility index (Phi) is 4.68. The smallest absolute Gasteiger partial charge is 0.234 e. The summed E-state index contributed by atoms with van der Waals surface area (Å²) in [4.78, 5) is 21.3. The third kappa shape index (κ3) is 3.59. The summed E-state index contributed by atoms with van der Waals surface area (Å²) in [5.41, 5.74) is 2.87. The van der Waals surface area contributed by atoms with Crippen molar-refractivity contribution in [2.45, 2.75) is 11.9 Å². The van der Waals surface area contributed by atoms with Crippen molar-refractivity contribution < 1.29 is 13.9 Å². The summed E-state index contributed by atoms with van der Waals surface area (Å²) in [5.74, 6) is 1.48. The normalized spacial score (nSPS) is 11.0. The molecule has 4 aromatic rings. The molecule has 27 heavy (non-hydrogen) atoms. The minimum Gasteiger partial charge on any atom is -0.497 e. The minimum absolute atomic E-state index is 0.120. The second-order valence-corrected chi connectivity index (χ2v) is 6.88. The van der Waals surface area contributed by atoms with Crippen molar-refractivity contribution in [3.8, 4) is 5.75 Å². The molecule has 136 valence electrons. The van der Waals surface area contributed by atoms with E-state index in [1.807, 2.05) is 31.2 Å². The number of nitrogens with zero attached hydrogens (tertiary/aromatic N) is 2. The van der Waals surface area contributed by atoms with Crippen LogP contribution in [0.3, 0.4) is 0 Å². The molecular formula is C20H17N3O3S. The fraction of sp³-hybridized carbons (Fsp3) is 0.150. The highest BCUT2D eigenvalue weighted by molar-refractivity contribution is 8.00. The van der Waals surface area contributed by atoms with Gasteiger partial charge in [-0.2, -0.15) is 0 Å². The number of hydrogen-bond donors (Lipinski definition) is 1. The first-order valence-electron chi connectivity index (χ1n) is 8.36. The summed E-state index contributed by atoms with van der Waals surface area (Å²) < 4.78 is 11.0. The highest BCUT2D eigenvalue weighted by atomic mass is 32.2. The number of carbonyl (C=O) groups excluding carboxylic acids is 1. The number of rotatable bonds is 5. The fourth-order valence-corrected chi connectivity index (χ4v) is 3.58. The van der Waals surface area contributed by atoms with Crippen LogP contribution >= 0.6 is 11.8 Å². The Labute approximate surface area is 159 Å². The molecule has 0 spiro atoms. The van der Waals surface area contributed by atoms with Crippen molar-refractivity contribution in [2.75, 3.05) is 18.2 Å². The zero-order valence-corrected chi connectivity index (χ0v) is 15.7. The molecule has 0 aliphatic carbocycles. The van der Waals surface area contributed by atoms with E-state index in [9.17, 15) is 4.79 Å². The van der Waals surface area contributed by atoms with E-state index in [0.29, 0.717) is 22.1 Å². The average molecular weight is 379 g/mol. The van der Waals surface area contributed by atoms with E-state index in [4.69, 9.17) is 9.15 Å². The van der Waals surface area contributed by atoms with Gasteiger partial charge in [-0.1, -0.05) is 23.9 Å². The van der Waals surface area contributed by atoms with Crippen molar-refractivity contribution in [3.05, 3.63) is 54.4 Å². The number of fused-ring (bicyclic) bond motifs is 3. The van der Waals surface area contributed by atoms with Crippen LogP contribution in [0.15, 0.2) is 58.0 Å². The second kappa shape index (κ2) is 7.28. The largest absolute Gasteiger partial charge is 0.497 e. The summed E-state index contributed by atoms with van der Waals surface area (Å²) in [6.45, 7) is 1.84. The molecule has 0 aliphatic heterocycles. The number of anilines is 1. The molecule has 0 bridgehead atoms. The Balaban J connectivity index is 1.53. The van der Waals surface area contributed by atoms with E-state index in [1.165, 1.54) is 11.8 Å². The molecule has 1 amide bonds. The van der Waals surface area contributed by atoms with Crippen LogP contribution in [-0.2, 0) is 4.79 Å². The summed E-state index contributed by atoms with van der Waals surface area (Å²) in [6, 6.07) is 14.9. The number of ether oxygens (including phenoxy) is 1. The van der Waals surface area contributed by atoms with Gasteiger partial charge in [0.25, 0.3) is 0 Å². The van der Waals surface area contributed by atoms with E-state index in [-0.39, 0.29) is 11.7 Å². The zero-order valence-electron chi connectivity index (χ0n) is 14.9. The van der Waals surface area contributed by atoms with E-state index in [0.717, 1.165) is 22.2 Å². The Morgan fingerprint density at radius 1 is 1.15 bits per heavy atom. The lowest BCUT2D eigenvalue weighted by Gasteiger charge is -2.06. The maximum atomic E-state index is 12.3. The number of benzene rings is 2. The number of methoxy groups -OCH3 is 1. The lowest BCUT2D eigenvalue weighted by molar-refractivity contribution is -0.113. The Morgan fingerprint density at radius 2 is 1.93 bits per heavy atom. The van der Waals surface area contributed by atoms with Gasteiger partial charge in [0.1, 0.15) is 27.7 Å². The number of nitrogens with one attached hydrogen (secondary N) is 1. The molecule has 7 heteroatoms. The highest BCUT2D eigenvalue weighted by Crippen LogP contribution is 2.33. The Morgan fingerprint density at radius 3 is 2.70 bits per heavy atom. The molecule has 6 nitrogen and oxygen atoms in total. The highest BCUT2D eigenvalue weighted by Gasteiger charge is 2.16. The minimum atomic E-state index is -0.120. The number of aromatic nitrogens is 2. The molecule has 0 unspecified atom stereocenters. The van der Waals surface area contributed by atoms with Gasteiger partial charge in [0.15, 0.2) is 5.58 Å². The zero-order chi connectivity index (χ0) is 18.8. The molecule has 0 aliphatic rings. The molecule has 0 fully saturated rings. The molecule has 0 saturated carbocycles. The topological polar surface area (TPSA) is 77.2 Å². The van der Waals surface area contributed by atoms with Crippen molar-refractivity contribution in [2.24, 2.45) is 0 Å². The van der Waals surface area contributed by atoms with E-state index in [2.05, 4.69) is 15.3 Å². The number of furan rings is 1. The Bertz CT molecular complexity index is 1120. The van der Waals surface area contributed by atoms with Crippen LogP contribution in [0.2, 0.25) is 0 Å². The lowest BCUT2D eigenvalue weighted by Crippen LogP contribution is -2.14. The number of hydrogen-bond acceptors (Lipinski definition) is 6. The summed E-state index contributed by atoms with van der Waals surface area (Å²) in [7, 11) is 1.60. The van der Waals surface area contributed by atoms with Gasteiger partial charge >= 0.3 is 0 Å². The van der Waals surface area contributed by atoms with Gasteiger partial charge in [0, 0.05) is 11.1 Å². The molecule has 2 aromatic heterocycles. The van der Waals surface area contributed by atoms with E-state index in [1.54, 1.807) is 31.4 Å². The van der Waals surface area contributed by atoms with Crippen molar-refractivity contribution in [1.82, 2.24) is 9.97 Å². The van der Waals surface area contributed by atoms with E-state index >= 15 is 0 Å². The predicted octanol–water partition coefficient (Wildman–Crippen LogP) is 4.42. The maximum absolute atomic E-state index is 12.3. The van der Waals surface area contributed by atoms with Crippen LogP contribution in [0, 0.1) is 6.92 Å². The summed E-state index contributed by atoms with van der Waals surface area (Å²) >= 11 is 1.33. The van der Waals surface area contributed by atoms with Gasteiger partial charge in [-0.05, 0) is 43.3 Å². The number of carbonyl (C=O) groups is 1. The van der Waals surface area contributed by atoms with Crippen LogP contribution in [0.1, 0.15) is 5.82 Å². The Hall–Kier alpha value is -3.06. The first-order valence-corrected chi connectivity index (χ1v) is 9.35. The van der Waals surface area contributed by atoms with Crippen molar-refractivity contribution >= 4 is 45.4 Å². The molecule has 0 radical (unpaired) electrons. The molecule has 2 aromatic carbocycles. The molecular weight excluding hydrogens is 362 g/mol. The SMILES string of the molecule is COc1ccc(NC(=O)CSc2nc(C)nc3c2oc2ccccc23)cc1. The molecule has 4 rings (SSSR count). The summed E-state index contributed by atoms with van der Waals surface area (Å²) in [5, 5.41) is 4.48. The third-order valence-corrected chi connectivity index (χ3v) is 4.97. The van der Waals surface area contributed by atoms with Gasteiger partial charge in [0.2, 0.25) is 5.91 Å². The molecule has 0 saturated heterocycles. The number of aryl methyl sites for hydroxylation is 1. The van der Waals surface area contributed by atoms with Crippen molar-refractivity contribution in [1.29, 1.82) is 0 Å². The van der Waals surface area contributed by atoms with E-state index < -0.39 is 0 Å². The van der Waals surface area contributed by atoms with Gasteiger partial charge in [-0.15, -0.1) is 0 Å². The summed E-state index contributed by atoms with van der Waals surface area (Å²) in [6.07, 6.45) is 0. The molecule has 0 atom stereocenters. The monoisotopic (exact) mass is 379 g/mol. The fourth-order valence-electron chi connectivity index (χ4n) is 2.78. The first-order chi connectivity index (χ1) is 13.1. The number of amides is 1. The van der Waals surface area contributed by atoms with Crippen LogP contribution in [0.5, 0.6) is 5.75 Å². The maximum Gasteiger partial charge on any atom is 0.234 e. The number of para-hydroxylation sites is 1. The van der Waals surface area contributed by atoms with Crippen LogP contribution in [0.25, 0.3) is 22.1 Å². The number of thioether (sulfide) groups is 1. The van der Waals surface area contributed by atoms with Gasteiger partial charge in [-0.25, -0.2) is 9.97 Å². The van der Waals surface area contributed by atoms with Gasteiger partial charge in [0.05, 0.1) is 12.9 Å². The van der Waals surface area contributed by atoms with Crippen LogP contribution in [0.4, 0.5) is 5.69 Å². The second-order valence-electron chi connectivity index (χ2n) is 5.92. The third-order valence-electron chi connectivity index (χ3n) is 4.01. The predicted molar refractivity (Wildman–Crippen MR) is 106 cm³/mol. The molecule has 1 N–H and O–H groups in total. The first kappa shape index (κ1) is 17.4. The van der Waals surface area contributed by atoms with Crippen LogP contribution in [-0.4, -0.2) is 28.7 Å². The van der Waals surface area contributed by atoms with Gasteiger partial charge < -0.3 is 14.5 Å². The van der Waals surface area contributed by atoms with Gasteiger partial charge in [-0.3, -0.25) is 4.79 Å². The van der Waals surface area contributed by atoms with Crippen LogP contribution < -0.4 is 10.1 Å². The van der Waals surface area contributed by atoms with Crippen molar-refractivity contribution in [3.63, 3.8) is 0 Å². The quantitative estimate of drug-likeness (QED) is 0.408.